The monoisotopic (exact) mass is 317 g/mol. The molecule has 1 aromatic carbocycles. The van der Waals surface area contributed by atoms with E-state index in [4.69, 9.17) is 0 Å². The molecular formula is C16H16FN3OS. The summed E-state index contributed by atoms with van der Waals surface area (Å²) in [4.78, 5) is 17.2. The molecule has 1 aromatic heterocycles. The number of amides is 1. The zero-order chi connectivity index (χ0) is 15.1. The van der Waals surface area contributed by atoms with Crippen LogP contribution in [0.2, 0.25) is 0 Å². The minimum Gasteiger partial charge on any atom is -0.347 e. The average molecular weight is 317 g/mol. The molecule has 1 saturated carbocycles. The van der Waals surface area contributed by atoms with Crippen LogP contribution in [0.1, 0.15) is 22.6 Å². The SMILES string of the molecule is O=C(NC1CC2CC1CN2)c1ncc(-c2ccccc2F)s1. The molecule has 2 bridgehead atoms. The number of halogens is 1. The number of carbonyl (C=O) groups is 1. The number of benzene rings is 1. The Hall–Kier alpha value is -1.79. The van der Waals surface area contributed by atoms with Crippen molar-refractivity contribution >= 4 is 17.2 Å². The number of fused-ring (bicyclic) bond motifs is 2. The van der Waals surface area contributed by atoms with Crippen LogP contribution in [0.4, 0.5) is 4.39 Å². The summed E-state index contributed by atoms with van der Waals surface area (Å²) in [5, 5.41) is 6.90. The number of thiazole rings is 1. The number of aromatic nitrogens is 1. The highest BCUT2D eigenvalue weighted by molar-refractivity contribution is 7.17. The molecule has 0 spiro atoms. The van der Waals surface area contributed by atoms with Crippen molar-refractivity contribution in [2.75, 3.05) is 6.54 Å². The smallest absolute Gasteiger partial charge is 0.280 e. The quantitative estimate of drug-likeness (QED) is 0.914. The summed E-state index contributed by atoms with van der Waals surface area (Å²) in [5.74, 6) is 0.0855. The zero-order valence-electron chi connectivity index (χ0n) is 11.9. The van der Waals surface area contributed by atoms with Gasteiger partial charge in [0.1, 0.15) is 5.82 Å². The molecule has 22 heavy (non-hydrogen) atoms. The largest absolute Gasteiger partial charge is 0.347 e. The maximum Gasteiger partial charge on any atom is 0.280 e. The fourth-order valence-electron chi connectivity index (χ4n) is 3.41. The highest BCUT2D eigenvalue weighted by Crippen LogP contribution is 2.32. The van der Waals surface area contributed by atoms with Crippen LogP contribution in [-0.2, 0) is 0 Å². The molecular weight excluding hydrogens is 301 g/mol. The first-order chi connectivity index (χ1) is 10.7. The lowest BCUT2D eigenvalue weighted by Gasteiger charge is -2.22. The molecule has 1 amide bonds. The van der Waals surface area contributed by atoms with Crippen molar-refractivity contribution < 1.29 is 9.18 Å². The predicted molar refractivity (Wildman–Crippen MR) is 83.3 cm³/mol. The van der Waals surface area contributed by atoms with Gasteiger partial charge in [0.25, 0.3) is 5.91 Å². The molecule has 4 rings (SSSR count). The third-order valence-electron chi connectivity index (χ3n) is 4.52. The summed E-state index contributed by atoms with van der Waals surface area (Å²) in [6, 6.07) is 7.32. The number of carbonyl (C=O) groups excluding carboxylic acids is 1. The standard InChI is InChI=1S/C16H16FN3OS/c17-12-4-2-1-3-11(12)14-8-19-16(22-14)15(21)20-13-6-10-5-9(13)7-18-10/h1-4,8-10,13,18H,5-7H2,(H,20,21). The lowest BCUT2D eigenvalue weighted by Crippen LogP contribution is -2.44. The Morgan fingerprint density at radius 3 is 2.95 bits per heavy atom. The van der Waals surface area contributed by atoms with Crippen LogP contribution in [0.3, 0.4) is 0 Å². The van der Waals surface area contributed by atoms with Gasteiger partial charge in [-0.1, -0.05) is 18.2 Å². The van der Waals surface area contributed by atoms with Gasteiger partial charge in [-0.2, -0.15) is 0 Å². The van der Waals surface area contributed by atoms with E-state index in [1.54, 1.807) is 24.4 Å². The van der Waals surface area contributed by atoms with E-state index in [0.717, 1.165) is 19.4 Å². The number of rotatable bonds is 3. The molecule has 3 atom stereocenters. The van der Waals surface area contributed by atoms with E-state index in [-0.39, 0.29) is 17.8 Å². The van der Waals surface area contributed by atoms with Crippen molar-refractivity contribution in [2.24, 2.45) is 5.92 Å². The summed E-state index contributed by atoms with van der Waals surface area (Å²) in [6.45, 7) is 0.980. The van der Waals surface area contributed by atoms with Crippen LogP contribution in [-0.4, -0.2) is 29.5 Å². The summed E-state index contributed by atoms with van der Waals surface area (Å²) in [7, 11) is 0. The third-order valence-corrected chi connectivity index (χ3v) is 5.55. The van der Waals surface area contributed by atoms with E-state index in [1.807, 2.05) is 0 Å². The molecule has 6 heteroatoms. The van der Waals surface area contributed by atoms with Gasteiger partial charge in [0.15, 0.2) is 5.01 Å². The summed E-state index contributed by atoms with van der Waals surface area (Å²) >= 11 is 1.23. The van der Waals surface area contributed by atoms with Gasteiger partial charge in [-0.15, -0.1) is 11.3 Å². The Bertz CT molecular complexity index is 717. The third kappa shape index (κ3) is 2.42. The Kier molecular flexibility index (Phi) is 3.43. The van der Waals surface area contributed by atoms with Crippen LogP contribution in [0.5, 0.6) is 0 Å². The molecule has 1 saturated heterocycles. The van der Waals surface area contributed by atoms with E-state index in [0.29, 0.717) is 27.4 Å². The van der Waals surface area contributed by atoms with E-state index < -0.39 is 0 Å². The molecule has 4 nitrogen and oxygen atoms in total. The molecule has 2 aliphatic rings. The maximum absolute atomic E-state index is 13.8. The second-order valence-corrected chi connectivity index (χ2v) is 6.96. The summed E-state index contributed by atoms with van der Waals surface area (Å²) in [5.41, 5.74) is 0.489. The van der Waals surface area contributed by atoms with Crippen LogP contribution in [0, 0.1) is 11.7 Å². The molecule has 3 unspecified atom stereocenters. The molecule has 1 aliphatic heterocycles. The lowest BCUT2D eigenvalue weighted by atomic mass is 10.0. The van der Waals surface area contributed by atoms with Crippen LogP contribution < -0.4 is 10.6 Å². The Morgan fingerprint density at radius 1 is 1.36 bits per heavy atom. The Balaban J connectivity index is 1.49. The number of nitrogens with one attached hydrogen (secondary N) is 2. The van der Waals surface area contributed by atoms with Gasteiger partial charge in [-0.3, -0.25) is 4.79 Å². The van der Waals surface area contributed by atoms with Gasteiger partial charge in [0.2, 0.25) is 0 Å². The molecule has 1 aliphatic carbocycles. The number of piperidine rings is 1. The molecule has 2 fully saturated rings. The average Bonchev–Trinajstić information content (AvgIpc) is 3.24. The lowest BCUT2D eigenvalue weighted by molar-refractivity contribution is 0.0924. The Morgan fingerprint density at radius 2 is 2.23 bits per heavy atom. The van der Waals surface area contributed by atoms with Gasteiger partial charge in [-0.05, 0) is 24.8 Å². The van der Waals surface area contributed by atoms with Gasteiger partial charge >= 0.3 is 0 Å². The predicted octanol–water partition coefficient (Wildman–Crippen LogP) is 2.43. The number of hydrogen-bond donors (Lipinski definition) is 2. The summed E-state index contributed by atoms with van der Waals surface area (Å²) < 4.78 is 13.8. The highest BCUT2D eigenvalue weighted by Gasteiger charge is 2.40. The van der Waals surface area contributed by atoms with Crippen molar-refractivity contribution in [1.29, 1.82) is 0 Å². The first-order valence-corrected chi connectivity index (χ1v) is 8.27. The first kappa shape index (κ1) is 13.8. The minimum atomic E-state index is -0.294. The fraction of sp³-hybridized carbons (Fsp3) is 0.375. The Labute approximate surface area is 131 Å². The molecule has 2 N–H and O–H groups in total. The van der Waals surface area contributed by atoms with E-state index >= 15 is 0 Å². The zero-order valence-corrected chi connectivity index (χ0v) is 12.7. The summed E-state index contributed by atoms with van der Waals surface area (Å²) in [6.07, 6.45) is 3.70. The van der Waals surface area contributed by atoms with Crippen LogP contribution >= 0.6 is 11.3 Å². The van der Waals surface area contributed by atoms with Crippen molar-refractivity contribution in [3.8, 4) is 10.4 Å². The van der Waals surface area contributed by atoms with Gasteiger partial charge in [0.05, 0.1) is 4.88 Å². The van der Waals surface area contributed by atoms with E-state index in [2.05, 4.69) is 15.6 Å². The van der Waals surface area contributed by atoms with Crippen LogP contribution in [0.15, 0.2) is 30.5 Å². The van der Waals surface area contributed by atoms with Crippen molar-refractivity contribution in [2.45, 2.75) is 24.9 Å². The topological polar surface area (TPSA) is 54.0 Å². The molecule has 0 radical (unpaired) electrons. The van der Waals surface area contributed by atoms with Gasteiger partial charge in [0, 0.05) is 30.4 Å². The highest BCUT2D eigenvalue weighted by atomic mass is 32.1. The molecule has 114 valence electrons. The first-order valence-electron chi connectivity index (χ1n) is 7.45. The van der Waals surface area contributed by atoms with Crippen molar-refractivity contribution in [3.05, 3.63) is 41.3 Å². The van der Waals surface area contributed by atoms with Gasteiger partial charge in [-0.25, -0.2) is 9.37 Å². The van der Waals surface area contributed by atoms with E-state index in [1.165, 1.54) is 17.4 Å². The second kappa shape index (κ2) is 5.44. The number of nitrogens with zero attached hydrogens (tertiary/aromatic N) is 1. The molecule has 2 aromatic rings. The van der Waals surface area contributed by atoms with Crippen molar-refractivity contribution in [3.63, 3.8) is 0 Å². The maximum atomic E-state index is 13.8. The molecule has 2 heterocycles. The fourth-order valence-corrected chi connectivity index (χ4v) is 4.25. The van der Waals surface area contributed by atoms with Crippen LogP contribution in [0.25, 0.3) is 10.4 Å². The van der Waals surface area contributed by atoms with Crippen molar-refractivity contribution in [1.82, 2.24) is 15.6 Å². The number of hydrogen-bond acceptors (Lipinski definition) is 4. The van der Waals surface area contributed by atoms with E-state index in [9.17, 15) is 9.18 Å². The second-order valence-electron chi connectivity index (χ2n) is 5.93. The van der Waals surface area contributed by atoms with Gasteiger partial charge < -0.3 is 10.6 Å². The minimum absolute atomic E-state index is 0.148. The normalized spacial score (nSPS) is 26.3.